The fraction of sp³-hybridized carbons (Fsp3) is 0.227. The predicted octanol–water partition coefficient (Wildman–Crippen LogP) is 3.33. The summed E-state index contributed by atoms with van der Waals surface area (Å²) in [7, 11) is 0. The average molecular weight is 490 g/mol. The van der Waals surface area contributed by atoms with E-state index >= 15 is 8.78 Å². The van der Waals surface area contributed by atoms with E-state index in [-0.39, 0.29) is 41.8 Å². The van der Waals surface area contributed by atoms with Crippen molar-refractivity contribution in [2.24, 2.45) is 0 Å². The van der Waals surface area contributed by atoms with Gasteiger partial charge in [0, 0.05) is 29.6 Å². The van der Waals surface area contributed by atoms with Crippen molar-refractivity contribution in [1.82, 2.24) is 29.9 Å². The Bertz CT molecular complexity index is 1510. The molecule has 0 saturated heterocycles. The molecular weight excluding hydrogens is 475 g/mol. The van der Waals surface area contributed by atoms with Crippen LogP contribution < -0.4 is 5.56 Å². The number of hydrogen-bond acceptors (Lipinski definition) is 5. The molecule has 0 aliphatic carbocycles. The van der Waals surface area contributed by atoms with Crippen LogP contribution in [0.15, 0.2) is 53.3 Å². The Morgan fingerprint density at radius 1 is 0.943 bits per heavy atom. The summed E-state index contributed by atoms with van der Waals surface area (Å²) in [6, 6.07) is 10.5. The predicted molar refractivity (Wildman–Crippen MR) is 112 cm³/mol. The zero-order chi connectivity index (χ0) is 25.0. The van der Waals surface area contributed by atoms with Crippen LogP contribution in [0.2, 0.25) is 0 Å². The van der Waals surface area contributed by atoms with E-state index in [9.17, 15) is 22.8 Å². The van der Waals surface area contributed by atoms with Gasteiger partial charge in [0.25, 0.3) is 11.5 Å². The number of aromatic amines is 1. The van der Waals surface area contributed by atoms with Gasteiger partial charge in [-0.1, -0.05) is 30.3 Å². The van der Waals surface area contributed by atoms with Crippen LogP contribution in [0.1, 0.15) is 33.3 Å². The van der Waals surface area contributed by atoms with Crippen molar-refractivity contribution in [3.05, 3.63) is 87.4 Å². The molecule has 0 fully saturated rings. The molecule has 0 atom stereocenters. The van der Waals surface area contributed by atoms with E-state index < -0.39 is 40.6 Å². The van der Waals surface area contributed by atoms with Crippen LogP contribution in [0.25, 0.3) is 10.8 Å². The number of rotatable bonds is 3. The third kappa shape index (κ3) is 3.82. The monoisotopic (exact) mass is 490 g/mol. The molecule has 0 saturated carbocycles. The Morgan fingerprint density at radius 3 is 2.43 bits per heavy atom. The number of carbonyl (C=O) groups excluding carboxylic acids is 1. The Kier molecular flexibility index (Phi) is 5.15. The molecule has 0 unspecified atom stereocenters. The van der Waals surface area contributed by atoms with Gasteiger partial charge in [-0.25, -0.2) is 5.10 Å². The van der Waals surface area contributed by atoms with Crippen molar-refractivity contribution >= 4 is 16.7 Å². The Morgan fingerprint density at radius 2 is 1.69 bits per heavy atom. The van der Waals surface area contributed by atoms with Crippen LogP contribution >= 0.6 is 0 Å². The molecule has 2 aromatic carbocycles. The molecule has 35 heavy (non-hydrogen) atoms. The summed E-state index contributed by atoms with van der Waals surface area (Å²) >= 11 is 0. The maximum absolute atomic E-state index is 15.5. The first kappa shape index (κ1) is 22.6. The number of halogens is 5. The molecule has 3 heterocycles. The lowest BCUT2D eigenvalue weighted by atomic mass is 9.98. The van der Waals surface area contributed by atoms with Crippen LogP contribution in [-0.4, -0.2) is 42.3 Å². The normalized spacial score (nSPS) is 14.3. The minimum atomic E-state index is -4.68. The van der Waals surface area contributed by atoms with Gasteiger partial charge in [0.15, 0.2) is 5.82 Å². The van der Waals surface area contributed by atoms with E-state index in [0.29, 0.717) is 0 Å². The van der Waals surface area contributed by atoms with Gasteiger partial charge in [0.1, 0.15) is 5.69 Å². The first-order chi connectivity index (χ1) is 16.6. The SMILES string of the molecule is O=C(c1cccc(C(F)(F)c2n[nH]c(=O)c3ccccc23)c1)N1CCn2c(nnc2C(F)(F)F)C1. The largest absolute Gasteiger partial charge is 0.451 e. The van der Waals surface area contributed by atoms with Gasteiger partial charge in [-0.05, 0) is 18.2 Å². The molecule has 0 bridgehead atoms. The average Bonchev–Trinajstić information content (AvgIpc) is 3.28. The quantitative estimate of drug-likeness (QED) is 0.445. The van der Waals surface area contributed by atoms with Crippen LogP contribution in [-0.2, 0) is 25.2 Å². The van der Waals surface area contributed by atoms with Crippen LogP contribution in [0.5, 0.6) is 0 Å². The van der Waals surface area contributed by atoms with Crippen molar-refractivity contribution in [1.29, 1.82) is 0 Å². The number of amides is 1. The van der Waals surface area contributed by atoms with Crippen LogP contribution in [0.3, 0.4) is 0 Å². The number of H-pyrrole nitrogens is 1. The number of carbonyl (C=O) groups is 1. The molecule has 0 radical (unpaired) electrons. The summed E-state index contributed by atoms with van der Waals surface area (Å²) in [5.41, 5.74) is -1.91. The molecule has 13 heteroatoms. The Balaban J connectivity index is 1.46. The highest BCUT2D eigenvalue weighted by Gasteiger charge is 2.41. The smallest absolute Gasteiger partial charge is 0.329 e. The standard InChI is InChI=1S/C22H15F5N6O2/c23-21(24,17-14-6-1-2-7-15(14)18(34)30-29-17)13-5-3-4-12(10-13)19(35)32-8-9-33-16(11-32)28-31-20(33)22(25,26)27/h1-7,10H,8-9,11H2,(H,30,34). The highest BCUT2D eigenvalue weighted by atomic mass is 19.4. The Labute approximate surface area is 193 Å². The topological polar surface area (TPSA) is 96.8 Å². The third-order valence-corrected chi connectivity index (χ3v) is 5.76. The summed E-state index contributed by atoms with van der Waals surface area (Å²) < 4.78 is 71.0. The molecule has 1 N–H and O–H groups in total. The van der Waals surface area contributed by atoms with Crippen molar-refractivity contribution in [2.45, 2.75) is 25.2 Å². The fourth-order valence-electron chi connectivity index (χ4n) is 4.06. The minimum Gasteiger partial charge on any atom is -0.329 e. The highest BCUT2D eigenvalue weighted by Crippen LogP contribution is 2.37. The number of nitrogens with zero attached hydrogens (tertiary/aromatic N) is 5. The highest BCUT2D eigenvalue weighted by molar-refractivity contribution is 5.94. The summed E-state index contributed by atoms with van der Waals surface area (Å²) in [6.07, 6.45) is -4.68. The maximum Gasteiger partial charge on any atom is 0.451 e. The van der Waals surface area contributed by atoms with Crippen LogP contribution in [0.4, 0.5) is 22.0 Å². The van der Waals surface area contributed by atoms with Crippen molar-refractivity contribution in [2.75, 3.05) is 6.54 Å². The fourth-order valence-corrected chi connectivity index (χ4v) is 4.06. The van der Waals surface area contributed by atoms with E-state index in [0.717, 1.165) is 16.7 Å². The van der Waals surface area contributed by atoms with Gasteiger partial charge in [0.05, 0.1) is 11.9 Å². The van der Waals surface area contributed by atoms with Gasteiger partial charge < -0.3 is 9.47 Å². The second-order valence-electron chi connectivity index (χ2n) is 7.92. The van der Waals surface area contributed by atoms with E-state index in [2.05, 4.69) is 20.4 Å². The van der Waals surface area contributed by atoms with Crippen molar-refractivity contribution in [3.63, 3.8) is 0 Å². The van der Waals surface area contributed by atoms with Crippen LogP contribution in [0, 0.1) is 0 Å². The van der Waals surface area contributed by atoms with E-state index in [1.54, 1.807) is 0 Å². The molecule has 1 amide bonds. The zero-order valence-electron chi connectivity index (χ0n) is 17.7. The molecule has 0 spiro atoms. The lowest BCUT2D eigenvalue weighted by molar-refractivity contribution is -0.147. The molecule has 180 valence electrons. The molecule has 8 nitrogen and oxygen atoms in total. The second kappa shape index (κ2) is 7.96. The number of alkyl halides is 5. The van der Waals surface area contributed by atoms with Crippen molar-refractivity contribution < 1.29 is 26.7 Å². The maximum atomic E-state index is 15.5. The summed E-state index contributed by atoms with van der Waals surface area (Å²) in [5.74, 6) is -5.52. The lowest BCUT2D eigenvalue weighted by Gasteiger charge is -2.28. The first-order valence-electron chi connectivity index (χ1n) is 10.3. The molecule has 2 aromatic heterocycles. The zero-order valence-corrected chi connectivity index (χ0v) is 17.7. The Hall–Kier alpha value is -4.16. The van der Waals surface area contributed by atoms with Gasteiger partial charge in [-0.15, -0.1) is 10.2 Å². The number of fused-ring (bicyclic) bond motifs is 2. The summed E-state index contributed by atoms with van der Waals surface area (Å²) in [5, 5.41) is 12.3. The number of hydrogen-bond donors (Lipinski definition) is 1. The third-order valence-electron chi connectivity index (χ3n) is 5.76. The summed E-state index contributed by atoms with van der Waals surface area (Å²) in [6.45, 7) is -0.527. The molecule has 1 aliphatic heterocycles. The van der Waals surface area contributed by atoms with Gasteiger partial charge in [-0.2, -0.15) is 27.1 Å². The molecule has 1 aliphatic rings. The second-order valence-corrected chi connectivity index (χ2v) is 7.92. The molecule has 4 aromatic rings. The van der Waals surface area contributed by atoms with E-state index in [1.165, 1.54) is 41.3 Å². The number of nitrogens with one attached hydrogen (secondary N) is 1. The summed E-state index contributed by atoms with van der Waals surface area (Å²) in [4.78, 5) is 26.2. The van der Waals surface area contributed by atoms with Gasteiger partial charge >= 0.3 is 12.1 Å². The van der Waals surface area contributed by atoms with Crippen molar-refractivity contribution in [3.8, 4) is 0 Å². The van der Waals surface area contributed by atoms with E-state index in [4.69, 9.17) is 0 Å². The lowest BCUT2D eigenvalue weighted by Crippen LogP contribution is -2.39. The number of benzene rings is 2. The molecular formula is C22H15F5N6O2. The number of aromatic nitrogens is 5. The minimum absolute atomic E-state index is 0.0335. The van der Waals surface area contributed by atoms with Gasteiger partial charge in [-0.3, -0.25) is 9.59 Å². The van der Waals surface area contributed by atoms with E-state index in [1.807, 2.05) is 0 Å². The van der Waals surface area contributed by atoms with Gasteiger partial charge in [0.2, 0.25) is 5.82 Å². The molecule has 5 rings (SSSR count). The first-order valence-corrected chi connectivity index (χ1v) is 10.3.